The van der Waals surface area contributed by atoms with Crippen LogP contribution in [-0.2, 0) is 0 Å². The topological polar surface area (TPSA) is 28.4 Å². The van der Waals surface area contributed by atoms with Gasteiger partial charge in [-0.2, -0.15) is 0 Å². The summed E-state index contributed by atoms with van der Waals surface area (Å²) < 4.78 is 5.98. The lowest BCUT2D eigenvalue weighted by Crippen LogP contribution is -2.56. The van der Waals surface area contributed by atoms with Gasteiger partial charge in [-0.15, -0.1) is 0 Å². The summed E-state index contributed by atoms with van der Waals surface area (Å²) >= 11 is 0. The first-order valence-electron chi connectivity index (χ1n) is 7.76. The van der Waals surface area contributed by atoms with Crippen LogP contribution in [0.25, 0.3) is 11.0 Å². The highest BCUT2D eigenvalue weighted by atomic mass is 16.3. The summed E-state index contributed by atoms with van der Waals surface area (Å²) in [5.74, 6) is 1.91. The van der Waals surface area contributed by atoms with Crippen LogP contribution in [0.5, 0.6) is 0 Å². The zero-order chi connectivity index (χ0) is 13.5. The minimum absolute atomic E-state index is 0.285. The molecule has 3 heteroatoms. The third-order valence-corrected chi connectivity index (χ3v) is 4.99. The van der Waals surface area contributed by atoms with Gasteiger partial charge in [0.2, 0.25) is 0 Å². The highest BCUT2D eigenvalue weighted by Gasteiger charge is 2.34. The molecule has 106 valence electrons. The lowest BCUT2D eigenvalue weighted by molar-refractivity contribution is 0.0668. The molecule has 2 aromatic rings. The molecule has 0 radical (unpaired) electrons. The molecule has 2 bridgehead atoms. The second-order valence-electron chi connectivity index (χ2n) is 6.32. The Bertz CT molecular complexity index is 565. The Hall–Kier alpha value is -1.32. The molecule has 0 saturated carbocycles. The molecule has 4 heterocycles. The monoisotopic (exact) mass is 270 g/mol. The predicted molar refractivity (Wildman–Crippen MR) is 80.7 cm³/mol. The van der Waals surface area contributed by atoms with Gasteiger partial charge in [0.15, 0.2) is 0 Å². The Morgan fingerprint density at radius 2 is 2.05 bits per heavy atom. The van der Waals surface area contributed by atoms with Gasteiger partial charge in [-0.25, -0.2) is 0 Å². The summed E-state index contributed by atoms with van der Waals surface area (Å²) in [4.78, 5) is 2.59. The Labute approximate surface area is 119 Å². The van der Waals surface area contributed by atoms with Crippen molar-refractivity contribution in [2.75, 3.05) is 19.6 Å². The van der Waals surface area contributed by atoms with Crippen LogP contribution < -0.4 is 5.32 Å². The van der Waals surface area contributed by atoms with Gasteiger partial charge in [-0.05, 0) is 50.9 Å². The standard InChI is InChI=1S/C17H22N2O/c1-12(17-10-14-4-2-3-5-16(14)20-17)18-15-11-19-8-6-13(15)7-9-19/h2-5,10,12-13,15,18H,6-9,11H2,1H3. The van der Waals surface area contributed by atoms with Crippen LogP contribution in [-0.4, -0.2) is 30.6 Å². The SMILES string of the molecule is CC(NC1CN2CCC1CC2)c1cc2ccccc2o1. The van der Waals surface area contributed by atoms with E-state index in [0.717, 1.165) is 17.3 Å². The number of nitrogens with one attached hydrogen (secondary N) is 1. The van der Waals surface area contributed by atoms with E-state index in [1.807, 2.05) is 12.1 Å². The summed E-state index contributed by atoms with van der Waals surface area (Å²) in [6, 6.07) is 11.3. The number of furan rings is 1. The molecule has 3 aliphatic heterocycles. The molecule has 20 heavy (non-hydrogen) atoms. The Kier molecular flexibility index (Phi) is 3.04. The summed E-state index contributed by atoms with van der Waals surface area (Å²) in [5, 5.41) is 4.99. The van der Waals surface area contributed by atoms with Gasteiger partial charge in [0.25, 0.3) is 0 Å². The largest absolute Gasteiger partial charge is 0.459 e. The van der Waals surface area contributed by atoms with Gasteiger partial charge in [0.05, 0.1) is 6.04 Å². The van der Waals surface area contributed by atoms with E-state index >= 15 is 0 Å². The minimum atomic E-state index is 0.285. The van der Waals surface area contributed by atoms with Crippen LogP contribution in [0.1, 0.15) is 31.6 Å². The van der Waals surface area contributed by atoms with E-state index in [2.05, 4.69) is 35.3 Å². The van der Waals surface area contributed by atoms with Gasteiger partial charge >= 0.3 is 0 Å². The Balaban J connectivity index is 1.51. The summed E-state index contributed by atoms with van der Waals surface area (Å²) in [7, 11) is 0. The minimum Gasteiger partial charge on any atom is -0.459 e. The molecule has 5 rings (SSSR count). The molecule has 3 saturated heterocycles. The fraction of sp³-hybridized carbons (Fsp3) is 0.529. The average molecular weight is 270 g/mol. The van der Waals surface area contributed by atoms with Crippen molar-refractivity contribution in [1.29, 1.82) is 0 Å². The van der Waals surface area contributed by atoms with Crippen molar-refractivity contribution >= 4 is 11.0 Å². The van der Waals surface area contributed by atoms with Crippen molar-refractivity contribution in [2.24, 2.45) is 5.92 Å². The molecule has 2 atom stereocenters. The third-order valence-electron chi connectivity index (χ3n) is 4.99. The molecular formula is C17H22N2O. The zero-order valence-corrected chi connectivity index (χ0v) is 12.0. The Morgan fingerprint density at radius 1 is 1.25 bits per heavy atom. The molecule has 3 fully saturated rings. The summed E-state index contributed by atoms with van der Waals surface area (Å²) in [5.41, 5.74) is 0.991. The normalized spacial score (nSPS) is 30.8. The number of nitrogens with zero attached hydrogens (tertiary/aromatic N) is 1. The van der Waals surface area contributed by atoms with E-state index in [1.165, 1.54) is 37.9 Å². The van der Waals surface area contributed by atoms with E-state index in [9.17, 15) is 0 Å². The van der Waals surface area contributed by atoms with Crippen molar-refractivity contribution in [3.63, 3.8) is 0 Å². The fourth-order valence-corrected chi connectivity index (χ4v) is 3.77. The second-order valence-corrected chi connectivity index (χ2v) is 6.32. The maximum atomic E-state index is 5.98. The molecule has 0 spiro atoms. The van der Waals surface area contributed by atoms with Crippen LogP contribution in [0, 0.1) is 5.92 Å². The maximum absolute atomic E-state index is 5.98. The van der Waals surface area contributed by atoms with Gasteiger partial charge in [-0.3, -0.25) is 0 Å². The lowest BCUT2D eigenvalue weighted by atomic mass is 9.83. The van der Waals surface area contributed by atoms with Gasteiger partial charge in [0, 0.05) is 18.0 Å². The van der Waals surface area contributed by atoms with Gasteiger partial charge in [-0.1, -0.05) is 18.2 Å². The zero-order valence-electron chi connectivity index (χ0n) is 12.0. The average Bonchev–Trinajstić information content (AvgIpc) is 2.92. The summed E-state index contributed by atoms with van der Waals surface area (Å²) in [6.45, 7) is 6.01. The van der Waals surface area contributed by atoms with Gasteiger partial charge in [0.1, 0.15) is 11.3 Å². The molecule has 0 amide bonds. The van der Waals surface area contributed by atoms with Crippen molar-refractivity contribution in [1.82, 2.24) is 10.2 Å². The van der Waals surface area contributed by atoms with Crippen LogP contribution in [0.3, 0.4) is 0 Å². The van der Waals surface area contributed by atoms with E-state index < -0.39 is 0 Å². The molecule has 3 nitrogen and oxygen atoms in total. The van der Waals surface area contributed by atoms with Crippen LogP contribution in [0.15, 0.2) is 34.7 Å². The van der Waals surface area contributed by atoms with E-state index in [4.69, 9.17) is 4.42 Å². The van der Waals surface area contributed by atoms with E-state index in [0.29, 0.717) is 6.04 Å². The number of rotatable bonds is 3. The first-order valence-corrected chi connectivity index (χ1v) is 7.76. The van der Waals surface area contributed by atoms with Crippen molar-refractivity contribution in [3.8, 4) is 0 Å². The predicted octanol–water partition coefficient (Wildman–Crippen LogP) is 3.18. The molecule has 3 aliphatic rings. The third kappa shape index (κ3) is 2.15. The first kappa shape index (κ1) is 12.4. The van der Waals surface area contributed by atoms with Gasteiger partial charge < -0.3 is 14.6 Å². The fourth-order valence-electron chi connectivity index (χ4n) is 3.77. The maximum Gasteiger partial charge on any atom is 0.134 e. The lowest BCUT2D eigenvalue weighted by Gasteiger charge is -2.45. The van der Waals surface area contributed by atoms with Crippen molar-refractivity contribution in [2.45, 2.75) is 31.8 Å². The van der Waals surface area contributed by atoms with Crippen LogP contribution >= 0.6 is 0 Å². The van der Waals surface area contributed by atoms with Crippen molar-refractivity contribution in [3.05, 3.63) is 36.1 Å². The number of benzene rings is 1. The number of para-hydroxylation sites is 1. The van der Waals surface area contributed by atoms with Crippen LogP contribution in [0.2, 0.25) is 0 Å². The first-order chi connectivity index (χ1) is 9.79. The summed E-state index contributed by atoms with van der Waals surface area (Å²) in [6.07, 6.45) is 2.70. The molecule has 1 aromatic carbocycles. The quantitative estimate of drug-likeness (QED) is 0.928. The molecule has 1 aromatic heterocycles. The second kappa shape index (κ2) is 4.90. The number of piperidine rings is 3. The number of fused-ring (bicyclic) bond motifs is 4. The van der Waals surface area contributed by atoms with Crippen LogP contribution in [0.4, 0.5) is 0 Å². The highest BCUT2D eigenvalue weighted by molar-refractivity contribution is 5.77. The smallest absolute Gasteiger partial charge is 0.134 e. The molecule has 0 aliphatic carbocycles. The van der Waals surface area contributed by atoms with E-state index in [-0.39, 0.29) is 6.04 Å². The number of hydrogen-bond acceptors (Lipinski definition) is 3. The molecule has 1 N–H and O–H groups in total. The van der Waals surface area contributed by atoms with E-state index in [1.54, 1.807) is 0 Å². The molecular weight excluding hydrogens is 248 g/mol. The van der Waals surface area contributed by atoms with Crippen molar-refractivity contribution < 1.29 is 4.42 Å². The Morgan fingerprint density at radius 3 is 2.75 bits per heavy atom. The highest BCUT2D eigenvalue weighted by Crippen LogP contribution is 2.30. The molecule has 2 unspecified atom stereocenters. The number of hydrogen-bond donors (Lipinski definition) is 1.